The van der Waals surface area contributed by atoms with Crippen molar-refractivity contribution in [3.8, 4) is 0 Å². The lowest BCUT2D eigenvalue weighted by atomic mass is 9.90. The minimum atomic E-state index is -0.573. The zero-order valence-corrected chi connectivity index (χ0v) is 18.4. The molecule has 0 saturated heterocycles. The summed E-state index contributed by atoms with van der Waals surface area (Å²) in [7, 11) is 0. The first kappa shape index (κ1) is 23.7. The van der Waals surface area contributed by atoms with Gasteiger partial charge in [-0.25, -0.2) is 4.79 Å². The molecule has 3 N–H and O–H groups in total. The van der Waals surface area contributed by atoms with Crippen LogP contribution in [0.1, 0.15) is 76.1 Å². The van der Waals surface area contributed by atoms with Crippen LogP contribution < -0.4 is 16.0 Å². The van der Waals surface area contributed by atoms with Crippen LogP contribution in [0, 0.1) is 0 Å². The highest BCUT2D eigenvalue weighted by atomic mass is 16.6. The Morgan fingerprint density at radius 3 is 2.20 bits per heavy atom. The Kier molecular flexibility index (Phi) is 8.69. The van der Waals surface area contributed by atoms with Crippen LogP contribution in [0.25, 0.3) is 0 Å². The van der Waals surface area contributed by atoms with Crippen molar-refractivity contribution >= 4 is 17.9 Å². The van der Waals surface area contributed by atoms with E-state index in [9.17, 15) is 14.4 Å². The molecule has 1 saturated carbocycles. The summed E-state index contributed by atoms with van der Waals surface area (Å²) in [4.78, 5) is 36.8. The Morgan fingerprint density at radius 1 is 0.967 bits per heavy atom. The van der Waals surface area contributed by atoms with Gasteiger partial charge in [0, 0.05) is 25.1 Å². The smallest absolute Gasteiger partial charge is 0.408 e. The largest absolute Gasteiger partial charge is 0.444 e. The minimum absolute atomic E-state index is 0.155. The summed E-state index contributed by atoms with van der Waals surface area (Å²) >= 11 is 0. The Labute approximate surface area is 179 Å². The fourth-order valence-corrected chi connectivity index (χ4v) is 3.61. The predicted octanol–water partition coefficient (Wildman–Crippen LogP) is 3.54. The second-order valence-corrected chi connectivity index (χ2v) is 8.97. The molecule has 2 rings (SSSR count). The highest BCUT2D eigenvalue weighted by Gasteiger charge is 2.34. The molecule has 7 nitrogen and oxygen atoms in total. The van der Waals surface area contributed by atoms with Crippen molar-refractivity contribution in [1.82, 2.24) is 16.0 Å². The molecule has 0 aromatic heterocycles. The molecule has 1 aliphatic rings. The van der Waals surface area contributed by atoms with E-state index >= 15 is 0 Å². The van der Waals surface area contributed by atoms with Crippen LogP contribution in [0.2, 0.25) is 0 Å². The van der Waals surface area contributed by atoms with Crippen LogP contribution >= 0.6 is 0 Å². The normalized spacial score (nSPS) is 16.1. The standard InChI is InChI=1S/C23H35N3O4/c1-22(2,3)30-21(29)26-23(14-9-4-5-10-15-23)17-25-19(27)13-16-24-20(28)18-11-7-6-8-12-18/h6-8,11-12H,4-5,9-10,13-17H2,1-3H3,(H,24,28)(H,25,27)(H,26,29). The monoisotopic (exact) mass is 417 g/mol. The predicted molar refractivity (Wildman–Crippen MR) is 116 cm³/mol. The van der Waals surface area contributed by atoms with Crippen LogP contribution in [-0.4, -0.2) is 42.1 Å². The summed E-state index contributed by atoms with van der Waals surface area (Å²) in [5, 5.41) is 8.73. The van der Waals surface area contributed by atoms with E-state index in [1.807, 2.05) is 26.8 Å². The van der Waals surface area contributed by atoms with Gasteiger partial charge in [-0.1, -0.05) is 43.9 Å². The van der Waals surface area contributed by atoms with Gasteiger partial charge in [0.1, 0.15) is 5.60 Å². The number of carbonyl (C=O) groups excluding carboxylic acids is 3. The maximum Gasteiger partial charge on any atom is 0.408 e. The van der Waals surface area contributed by atoms with Crippen LogP contribution in [-0.2, 0) is 9.53 Å². The lowest BCUT2D eigenvalue weighted by molar-refractivity contribution is -0.121. The molecule has 166 valence electrons. The topological polar surface area (TPSA) is 96.5 Å². The first-order valence-electron chi connectivity index (χ1n) is 10.8. The Balaban J connectivity index is 1.84. The molecule has 1 fully saturated rings. The summed E-state index contributed by atoms with van der Waals surface area (Å²) in [6.07, 6.45) is 5.58. The number of hydrogen-bond acceptors (Lipinski definition) is 4. The van der Waals surface area contributed by atoms with E-state index < -0.39 is 17.2 Å². The number of nitrogens with one attached hydrogen (secondary N) is 3. The Bertz CT molecular complexity index is 705. The van der Waals surface area contributed by atoms with E-state index in [1.54, 1.807) is 24.3 Å². The summed E-state index contributed by atoms with van der Waals surface area (Å²) in [5.41, 5.74) is -0.505. The van der Waals surface area contributed by atoms with E-state index in [0.717, 1.165) is 38.5 Å². The highest BCUT2D eigenvalue weighted by Crippen LogP contribution is 2.27. The zero-order valence-electron chi connectivity index (χ0n) is 18.4. The van der Waals surface area contributed by atoms with Gasteiger partial charge in [0.25, 0.3) is 5.91 Å². The van der Waals surface area contributed by atoms with Crippen molar-refractivity contribution in [3.05, 3.63) is 35.9 Å². The molecule has 0 heterocycles. The van der Waals surface area contributed by atoms with Gasteiger partial charge >= 0.3 is 6.09 Å². The molecule has 0 radical (unpaired) electrons. The SMILES string of the molecule is CC(C)(C)OC(=O)NC1(CNC(=O)CCNC(=O)c2ccccc2)CCCCCC1. The number of hydrogen-bond donors (Lipinski definition) is 3. The number of rotatable bonds is 7. The van der Waals surface area contributed by atoms with Gasteiger partial charge in [-0.2, -0.15) is 0 Å². The molecule has 1 aromatic rings. The molecule has 0 bridgehead atoms. The number of alkyl carbamates (subject to hydrolysis) is 1. The van der Waals surface area contributed by atoms with Crippen molar-refractivity contribution in [3.63, 3.8) is 0 Å². The molecule has 1 aromatic carbocycles. The summed E-state index contributed by atoms with van der Waals surface area (Å²) in [6.45, 7) is 6.11. The number of ether oxygens (including phenoxy) is 1. The molecule has 3 amide bonds. The zero-order chi connectivity index (χ0) is 22.0. The molecule has 0 unspecified atom stereocenters. The third-order valence-corrected chi connectivity index (χ3v) is 5.12. The van der Waals surface area contributed by atoms with Gasteiger partial charge in [0.05, 0.1) is 5.54 Å². The van der Waals surface area contributed by atoms with E-state index in [4.69, 9.17) is 4.74 Å². The molecule has 0 aliphatic heterocycles. The third kappa shape index (κ3) is 8.43. The maximum absolute atomic E-state index is 12.4. The first-order chi connectivity index (χ1) is 14.2. The molecular formula is C23H35N3O4. The number of amides is 3. The van der Waals surface area contributed by atoms with E-state index in [-0.39, 0.29) is 24.8 Å². The van der Waals surface area contributed by atoms with Gasteiger partial charge in [0.2, 0.25) is 5.91 Å². The van der Waals surface area contributed by atoms with Crippen LogP contribution in [0.4, 0.5) is 4.79 Å². The van der Waals surface area contributed by atoms with Crippen molar-refractivity contribution in [1.29, 1.82) is 0 Å². The molecule has 30 heavy (non-hydrogen) atoms. The van der Waals surface area contributed by atoms with Gasteiger partial charge in [-0.3, -0.25) is 9.59 Å². The lowest BCUT2D eigenvalue weighted by Crippen LogP contribution is -2.56. The fraction of sp³-hybridized carbons (Fsp3) is 0.609. The molecule has 1 aliphatic carbocycles. The first-order valence-corrected chi connectivity index (χ1v) is 10.8. The molecule has 0 spiro atoms. The number of benzene rings is 1. The van der Waals surface area contributed by atoms with Crippen LogP contribution in [0.15, 0.2) is 30.3 Å². The van der Waals surface area contributed by atoms with Crippen molar-refractivity contribution in [2.75, 3.05) is 13.1 Å². The Hall–Kier alpha value is -2.57. The van der Waals surface area contributed by atoms with Gasteiger partial charge in [-0.05, 0) is 45.7 Å². The highest BCUT2D eigenvalue weighted by molar-refractivity contribution is 5.94. The van der Waals surface area contributed by atoms with E-state index in [0.29, 0.717) is 12.1 Å². The van der Waals surface area contributed by atoms with E-state index in [2.05, 4.69) is 16.0 Å². The lowest BCUT2D eigenvalue weighted by Gasteiger charge is -2.35. The average Bonchev–Trinajstić information content (AvgIpc) is 2.91. The van der Waals surface area contributed by atoms with E-state index in [1.165, 1.54) is 0 Å². The Morgan fingerprint density at radius 2 is 1.60 bits per heavy atom. The van der Waals surface area contributed by atoms with Crippen LogP contribution in [0.5, 0.6) is 0 Å². The second kappa shape index (κ2) is 11.0. The van der Waals surface area contributed by atoms with Gasteiger partial charge < -0.3 is 20.7 Å². The molecule has 7 heteroatoms. The van der Waals surface area contributed by atoms with Crippen molar-refractivity contribution in [2.24, 2.45) is 0 Å². The maximum atomic E-state index is 12.4. The summed E-state index contributed by atoms with van der Waals surface area (Å²) in [5.74, 6) is -0.354. The third-order valence-electron chi connectivity index (χ3n) is 5.12. The summed E-state index contributed by atoms with van der Waals surface area (Å²) < 4.78 is 5.44. The van der Waals surface area contributed by atoms with Gasteiger partial charge in [-0.15, -0.1) is 0 Å². The number of carbonyl (C=O) groups is 3. The molecular weight excluding hydrogens is 382 g/mol. The van der Waals surface area contributed by atoms with Crippen molar-refractivity contribution in [2.45, 2.75) is 76.9 Å². The average molecular weight is 418 g/mol. The fourth-order valence-electron chi connectivity index (χ4n) is 3.61. The van der Waals surface area contributed by atoms with Crippen LogP contribution in [0.3, 0.4) is 0 Å². The second-order valence-electron chi connectivity index (χ2n) is 8.97. The quantitative estimate of drug-likeness (QED) is 0.591. The minimum Gasteiger partial charge on any atom is -0.444 e. The van der Waals surface area contributed by atoms with Crippen molar-refractivity contribution < 1.29 is 19.1 Å². The molecule has 0 atom stereocenters. The van der Waals surface area contributed by atoms with Gasteiger partial charge in [0.15, 0.2) is 0 Å². The summed E-state index contributed by atoms with van der Waals surface area (Å²) in [6, 6.07) is 8.90.